The minimum atomic E-state index is 0.295. The Morgan fingerprint density at radius 3 is 2.70 bits per heavy atom. The highest BCUT2D eigenvalue weighted by Gasteiger charge is 2.23. The number of nitrogens with zero attached hydrogens (tertiary/aromatic N) is 1. The molecule has 0 atom stereocenters. The van der Waals surface area contributed by atoms with E-state index in [9.17, 15) is 0 Å². The predicted molar refractivity (Wildman–Crippen MR) is 82.2 cm³/mol. The normalized spacial score (nSPS) is 15.3. The second-order valence-corrected chi connectivity index (χ2v) is 5.72. The molecule has 1 aliphatic rings. The maximum Gasteiger partial charge on any atom is 0.119 e. The van der Waals surface area contributed by atoms with E-state index in [2.05, 4.69) is 24.0 Å². The van der Waals surface area contributed by atoms with Gasteiger partial charge in [-0.25, -0.2) is 0 Å². The number of aliphatic hydroxyl groups is 1. The molecule has 1 aromatic carbocycles. The molecule has 0 radical (unpaired) electrons. The van der Waals surface area contributed by atoms with E-state index in [-0.39, 0.29) is 0 Å². The van der Waals surface area contributed by atoms with E-state index in [0.29, 0.717) is 6.61 Å². The first-order chi connectivity index (χ1) is 9.79. The molecule has 0 bridgehead atoms. The SMILES string of the molecule is Cc1cccc(OCCCN(CCCO)C2CCC2)c1. The molecule has 1 aliphatic carbocycles. The fraction of sp³-hybridized carbons (Fsp3) is 0.647. The summed E-state index contributed by atoms with van der Waals surface area (Å²) in [5, 5.41) is 8.98. The fourth-order valence-corrected chi connectivity index (χ4v) is 2.67. The van der Waals surface area contributed by atoms with Crippen LogP contribution in [0.1, 0.15) is 37.7 Å². The highest BCUT2D eigenvalue weighted by molar-refractivity contribution is 5.27. The molecule has 0 saturated heterocycles. The van der Waals surface area contributed by atoms with Gasteiger partial charge in [0.2, 0.25) is 0 Å². The minimum Gasteiger partial charge on any atom is -0.494 e. The summed E-state index contributed by atoms with van der Waals surface area (Å²) in [4.78, 5) is 2.53. The molecule has 0 aliphatic heterocycles. The summed E-state index contributed by atoms with van der Waals surface area (Å²) in [6.45, 7) is 5.25. The van der Waals surface area contributed by atoms with Crippen LogP contribution in [0, 0.1) is 6.92 Å². The van der Waals surface area contributed by atoms with Gasteiger partial charge in [-0.2, -0.15) is 0 Å². The predicted octanol–water partition coefficient (Wildman–Crippen LogP) is 3.00. The first kappa shape index (κ1) is 15.3. The van der Waals surface area contributed by atoms with Crippen LogP contribution in [0.25, 0.3) is 0 Å². The third kappa shape index (κ3) is 4.80. The molecule has 1 aromatic rings. The minimum absolute atomic E-state index is 0.295. The molecule has 2 rings (SSSR count). The van der Waals surface area contributed by atoms with E-state index >= 15 is 0 Å². The van der Waals surface area contributed by atoms with Crippen molar-refractivity contribution >= 4 is 0 Å². The fourth-order valence-electron chi connectivity index (χ4n) is 2.67. The van der Waals surface area contributed by atoms with Crippen LogP contribution in [0.3, 0.4) is 0 Å². The maximum absolute atomic E-state index is 8.98. The van der Waals surface area contributed by atoms with Crippen LogP contribution in [0.15, 0.2) is 24.3 Å². The summed E-state index contributed by atoms with van der Waals surface area (Å²) in [7, 11) is 0. The zero-order valence-electron chi connectivity index (χ0n) is 12.6. The van der Waals surface area contributed by atoms with Gasteiger partial charge in [-0.3, -0.25) is 0 Å². The monoisotopic (exact) mass is 277 g/mol. The molecule has 20 heavy (non-hydrogen) atoms. The van der Waals surface area contributed by atoms with Gasteiger partial charge in [0.1, 0.15) is 5.75 Å². The zero-order chi connectivity index (χ0) is 14.2. The highest BCUT2D eigenvalue weighted by atomic mass is 16.5. The molecule has 3 heteroatoms. The van der Waals surface area contributed by atoms with Crippen LogP contribution in [0.2, 0.25) is 0 Å². The lowest BCUT2D eigenvalue weighted by atomic mass is 9.91. The molecule has 0 spiro atoms. The number of hydrogen-bond acceptors (Lipinski definition) is 3. The number of aliphatic hydroxyl groups excluding tert-OH is 1. The van der Waals surface area contributed by atoms with Crippen molar-refractivity contribution in [3.8, 4) is 5.75 Å². The Morgan fingerprint density at radius 1 is 1.25 bits per heavy atom. The lowest BCUT2D eigenvalue weighted by Crippen LogP contribution is -2.41. The number of ether oxygens (including phenoxy) is 1. The molecule has 0 heterocycles. The van der Waals surface area contributed by atoms with Gasteiger partial charge in [-0.1, -0.05) is 18.6 Å². The van der Waals surface area contributed by atoms with Gasteiger partial charge in [0.15, 0.2) is 0 Å². The van der Waals surface area contributed by atoms with Crippen molar-refractivity contribution in [1.29, 1.82) is 0 Å². The Balaban J connectivity index is 1.67. The molecule has 3 nitrogen and oxygen atoms in total. The summed E-state index contributed by atoms with van der Waals surface area (Å²) in [5.74, 6) is 0.968. The summed E-state index contributed by atoms with van der Waals surface area (Å²) in [6, 6.07) is 8.96. The van der Waals surface area contributed by atoms with Crippen LogP contribution >= 0.6 is 0 Å². The lowest BCUT2D eigenvalue weighted by molar-refractivity contribution is 0.109. The third-order valence-electron chi connectivity index (χ3n) is 4.04. The Morgan fingerprint density at radius 2 is 2.05 bits per heavy atom. The molecule has 0 unspecified atom stereocenters. The van der Waals surface area contributed by atoms with Gasteiger partial charge in [0.25, 0.3) is 0 Å². The average Bonchev–Trinajstić information content (AvgIpc) is 2.38. The van der Waals surface area contributed by atoms with Crippen molar-refractivity contribution in [2.75, 3.05) is 26.3 Å². The van der Waals surface area contributed by atoms with E-state index in [0.717, 1.165) is 44.3 Å². The Bertz CT molecular complexity index is 390. The summed E-state index contributed by atoms with van der Waals surface area (Å²) < 4.78 is 5.80. The summed E-state index contributed by atoms with van der Waals surface area (Å²) in [6.07, 6.45) is 5.94. The van der Waals surface area contributed by atoms with E-state index in [1.807, 2.05) is 12.1 Å². The topological polar surface area (TPSA) is 32.7 Å². The molecular weight excluding hydrogens is 250 g/mol. The standard InChI is InChI=1S/C17H27NO2/c1-15-6-2-9-17(14-15)20-13-5-11-18(10-4-12-19)16-7-3-8-16/h2,6,9,14,16,19H,3-5,7-8,10-13H2,1H3. The second-order valence-electron chi connectivity index (χ2n) is 5.72. The van der Waals surface area contributed by atoms with E-state index in [1.54, 1.807) is 0 Å². The molecule has 1 saturated carbocycles. The average molecular weight is 277 g/mol. The molecule has 1 N–H and O–H groups in total. The van der Waals surface area contributed by atoms with Crippen molar-refractivity contribution in [2.45, 2.75) is 45.1 Å². The number of hydrogen-bond donors (Lipinski definition) is 1. The quantitative estimate of drug-likeness (QED) is 0.704. The Hall–Kier alpha value is -1.06. The van der Waals surface area contributed by atoms with E-state index in [4.69, 9.17) is 9.84 Å². The number of benzene rings is 1. The number of rotatable bonds is 9. The Labute approximate surface area is 122 Å². The van der Waals surface area contributed by atoms with Crippen molar-refractivity contribution in [3.05, 3.63) is 29.8 Å². The highest BCUT2D eigenvalue weighted by Crippen LogP contribution is 2.25. The first-order valence-corrected chi connectivity index (χ1v) is 7.84. The van der Waals surface area contributed by atoms with Gasteiger partial charge in [0, 0.05) is 25.7 Å². The van der Waals surface area contributed by atoms with E-state index < -0.39 is 0 Å². The molecule has 1 fully saturated rings. The molecular formula is C17H27NO2. The van der Waals surface area contributed by atoms with Gasteiger partial charge in [-0.15, -0.1) is 0 Å². The Kier molecular flexibility index (Phi) is 6.34. The van der Waals surface area contributed by atoms with Crippen molar-refractivity contribution in [3.63, 3.8) is 0 Å². The largest absolute Gasteiger partial charge is 0.494 e. The van der Waals surface area contributed by atoms with Crippen molar-refractivity contribution in [2.24, 2.45) is 0 Å². The summed E-state index contributed by atoms with van der Waals surface area (Å²) in [5.41, 5.74) is 1.24. The van der Waals surface area contributed by atoms with Crippen LogP contribution in [-0.4, -0.2) is 42.4 Å². The van der Waals surface area contributed by atoms with Gasteiger partial charge >= 0.3 is 0 Å². The van der Waals surface area contributed by atoms with Crippen LogP contribution in [0.4, 0.5) is 0 Å². The van der Waals surface area contributed by atoms with Gasteiger partial charge in [0.05, 0.1) is 6.61 Å². The van der Waals surface area contributed by atoms with Gasteiger partial charge in [-0.05, 0) is 50.3 Å². The molecule has 0 amide bonds. The lowest BCUT2D eigenvalue weighted by Gasteiger charge is -2.37. The van der Waals surface area contributed by atoms with Crippen molar-refractivity contribution in [1.82, 2.24) is 4.90 Å². The van der Waals surface area contributed by atoms with E-state index in [1.165, 1.54) is 24.8 Å². The van der Waals surface area contributed by atoms with Crippen LogP contribution in [-0.2, 0) is 0 Å². The number of aryl methyl sites for hydroxylation is 1. The van der Waals surface area contributed by atoms with Crippen LogP contribution < -0.4 is 4.74 Å². The van der Waals surface area contributed by atoms with Crippen molar-refractivity contribution < 1.29 is 9.84 Å². The smallest absolute Gasteiger partial charge is 0.119 e. The molecule has 112 valence electrons. The van der Waals surface area contributed by atoms with Crippen LogP contribution in [0.5, 0.6) is 5.75 Å². The molecule has 0 aromatic heterocycles. The second kappa shape index (κ2) is 8.28. The van der Waals surface area contributed by atoms with Gasteiger partial charge < -0.3 is 14.7 Å². The first-order valence-electron chi connectivity index (χ1n) is 7.84. The summed E-state index contributed by atoms with van der Waals surface area (Å²) >= 11 is 0. The maximum atomic E-state index is 8.98. The zero-order valence-corrected chi connectivity index (χ0v) is 12.6. The third-order valence-corrected chi connectivity index (χ3v) is 4.04.